The molecule has 15 nitrogen and oxygen atoms in total. The van der Waals surface area contributed by atoms with Gasteiger partial charge in [0.15, 0.2) is 17.7 Å². The van der Waals surface area contributed by atoms with Gasteiger partial charge in [0.1, 0.15) is 22.9 Å². The maximum atomic E-state index is 10.9. The molecule has 5 aromatic heterocycles. The van der Waals surface area contributed by atoms with E-state index >= 15 is 0 Å². The van der Waals surface area contributed by atoms with Crippen LogP contribution in [0.4, 0.5) is 5.82 Å². The number of H-pyrrole nitrogens is 2. The molecular formula is C46H54N12O3. The summed E-state index contributed by atoms with van der Waals surface area (Å²) < 4.78 is 1.72. The quantitative estimate of drug-likeness (QED) is 0.0211. The fraction of sp³-hybridized carbons (Fsp3) is 0.261. The number of aromatic hydroxyl groups is 1. The second-order valence-corrected chi connectivity index (χ2v) is 14.6. The van der Waals surface area contributed by atoms with Crippen LogP contribution in [-0.2, 0) is 9.59 Å². The number of nitrogens with zero attached hydrogens (tertiary/aromatic N) is 5. The summed E-state index contributed by atoms with van der Waals surface area (Å²) in [4.78, 5) is 45.1. The second kappa shape index (κ2) is 21.0. The molecule has 0 unspecified atom stereocenters. The number of hydrogen-bond acceptors (Lipinski definition) is 10. The molecule has 0 radical (unpaired) electrons. The molecule has 11 N–H and O–H groups in total. The highest BCUT2D eigenvalue weighted by Gasteiger charge is 2.20. The van der Waals surface area contributed by atoms with Crippen LogP contribution in [0.1, 0.15) is 89.2 Å². The third kappa shape index (κ3) is 11.2. The van der Waals surface area contributed by atoms with Gasteiger partial charge in [0, 0.05) is 76.2 Å². The molecule has 0 aliphatic carbocycles. The van der Waals surface area contributed by atoms with Crippen LogP contribution in [0.5, 0.6) is 5.88 Å². The number of anilines is 1. The van der Waals surface area contributed by atoms with Crippen molar-refractivity contribution in [1.29, 1.82) is 10.8 Å². The van der Waals surface area contributed by atoms with Crippen molar-refractivity contribution < 1.29 is 14.7 Å². The van der Waals surface area contributed by atoms with Crippen LogP contribution in [0, 0.1) is 16.7 Å². The molecular weight excluding hydrogens is 769 g/mol. The van der Waals surface area contributed by atoms with Crippen molar-refractivity contribution in [1.82, 2.24) is 34.3 Å². The standard InChI is InChI=1S/C23H26N6O.C17H18N6.C6H10O2/c1-3-14(2)21-23(30)29-13-19(16-12-26-17-9-5-4-8-15(16)17)27-18(22(29)28-21)10-6-7-11-20(24)25;18-16(19)8-4-3-7-14-17(20)22-10-15(23-14)12-9-21-13-6-2-1-5-11(12)13;1-3-5(2)6(8)4-7/h4-6,8-10,12-14,26,30H,3,7,11H2,1-2H3,(H3,24,25);1-3,5-7,9-10,21H,4,8H2,(H3,18,19)(H2,20,22);4-5H,3H2,1-2H3/b10-6+;7-3+;/t14-;;5-/m0.0/s1. The number of nitrogens with two attached hydrogens (primary N) is 3. The Morgan fingerprint density at radius 1 is 0.820 bits per heavy atom. The minimum absolute atomic E-state index is 0.0903. The number of Topliss-reactive ketones (excluding diaryl/α,β-unsaturated/α-hetero) is 1. The van der Waals surface area contributed by atoms with E-state index in [-0.39, 0.29) is 35.2 Å². The fourth-order valence-corrected chi connectivity index (χ4v) is 6.26. The van der Waals surface area contributed by atoms with Gasteiger partial charge < -0.3 is 32.3 Å². The average Bonchev–Trinajstić information content (AvgIpc) is 3.99. The first-order chi connectivity index (χ1) is 29.4. The van der Waals surface area contributed by atoms with Gasteiger partial charge in [0.25, 0.3) is 0 Å². The number of benzene rings is 2. The van der Waals surface area contributed by atoms with E-state index in [4.69, 9.17) is 38.0 Å². The third-order valence-electron chi connectivity index (χ3n) is 10.2. The number of nitrogens with one attached hydrogen (secondary N) is 4. The smallest absolute Gasteiger partial charge is 0.219 e. The summed E-state index contributed by atoms with van der Waals surface area (Å²) in [6, 6.07) is 16.1. The van der Waals surface area contributed by atoms with Crippen LogP contribution in [0.15, 0.2) is 85.5 Å². The molecule has 0 bridgehead atoms. The van der Waals surface area contributed by atoms with Gasteiger partial charge >= 0.3 is 0 Å². The fourth-order valence-electron chi connectivity index (χ4n) is 6.26. The first-order valence-electron chi connectivity index (χ1n) is 20.2. The van der Waals surface area contributed by atoms with Crippen molar-refractivity contribution in [3.63, 3.8) is 0 Å². The first kappa shape index (κ1) is 44.7. The summed E-state index contributed by atoms with van der Waals surface area (Å²) in [5.41, 5.74) is 24.8. The highest BCUT2D eigenvalue weighted by molar-refractivity contribution is 6.25. The number of carbonyl (C=O) groups is 2. The average molecular weight is 823 g/mol. The number of aromatic amines is 2. The van der Waals surface area contributed by atoms with Crippen LogP contribution in [0.3, 0.4) is 0 Å². The van der Waals surface area contributed by atoms with Gasteiger partial charge in [-0.25, -0.2) is 19.9 Å². The third-order valence-corrected chi connectivity index (χ3v) is 10.2. The molecule has 7 rings (SSSR count). The Bertz CT molecular complexity index is 2700. The molecule has 2 atom stereocenters. The Hall–Kier alpha value is -7.42. The van der Waals surface area contributed by atoms with Crippen molar-refractivity contribution >= 4 is 69.2 Å². The Balaban J connectivity index is 0.000000201. The van der Waals surface area contributed by atoms with E-state index < -0.39 is 0 Å². The number of imidazole rings is 1. The number of aldehydes is 1. The maximum absolute atomic E-state index is 10.9. The Kier molecular flexibility index (Phi) is 15.4. The summed E-state index contributed by atoms with van der Waals surface area (Å²) in [5, 5.41) is 27.7. The maximum Gasteiger partial charge on any atom is 0.219 e. The zero-order valence-electron chi connectivity index (χ0n) is 34.9. The van der Waals surface area contributed by atoms with Gasteiger partial charge in [-0.3, -0.25) is 24.8 Å². The van der Waals surface area contributed by atoms with E-state index in [0.29, 0.717) is 60.5 Å². The minimum atomic E-state index is -0.299. The lowest BCUT2D eigenvalue weighted by molar-refractivity contribution is -0.132. The molecule has 61 heavy (non-hydrogen) atoms. The number of fused-ring (bicyclic) bond motifs is 3. The van der Waals surface area contributed by atoms with Crippen LogP contribution in [-0.4, -0.2) is 63.2 Å². The van der Waals surface area contributed by atoms with Crippen LogP contribution >= 0.6 is 0 Å². The number of para-hydroxylation sites is 2. The highest BCUT2D eigenvalue weighted by Crippen LogP contribution is 2.34. The van der Waals surface area contributed by atoms with E-state index in [1.165, 1.54) is 0 Å². The van der Waals surface area contributed by atoms with Gasteiger partial charge in [-0.05, 0) is 50.0 Å². The van der Waals surface area contributed by atoms with Crippen molar-refractivity contribution in [2.75, 3.05) is 5.73 Å². The summed E-state index contributed by atoms with van der Waals surface area (Å²) >= 11 is 0. The lowest BCUT2D eigenvalue weighted by atomic mass is 10.1. The number of aromatic nitrogens is 7. The molecule has 7 aromatic rings. The van der Waals surface area contributed by atoms with Crippen molar-refractivity contribution in [2.24, 2.45) is 17.4 Å². The highest BCUT2D eigenvalue weighted by atomic mass is 16.3. The van der Waals surface area contributed by atoms with Crippen LogP contribution in [0.25, 0.3) is 62.1 Å². The molecule has 2 aromatic carbocycles. The van der Waals surface area contributed by atoms with Gasteiger partial charge in [-0.1, -0.05) is 76.2 Å². The molecule has 0 spiro atoms. The van der Waals surface area contributed by atoms with Gasteiger partial charge in [0.05, 0.1) is 29.3 Å². The summed E-state index contributed by atoms with van der Waals surface area (Å²) in [5.74, 6) is 0.605. The molecule has 0 fully saturated rings. The lowest BCUT2D eigenvalue weighted by Gasteiger charge is -2.06. The number of ketones is 1. The minimum Gasteiger partial charge on any atom is -0.493 e. The predicted octanol–water partition coefficient (Wildman–Crippen LogP) is 8.56. The molecule has 0 saturated heterocycles. The molecule has 0 aliphatic rings. The van der Waals surface area contributed by atoms with E-state index in [0.717, 1.165) is 57.2 Å². The molecule has 0 saturated carbocycles. The van der Waals surface area contributed by atoms with Crippen molar-refractivity contribution in [3.05, 3.63) is 103 Å². The van der Waals surface area contributed by atoms with Gasteiger partial charge in [0.2, 0.25) is 5.88 Å². The number of hydrogen-bond donors (Lipinski definition) is 8. The monoisotopic (exact) mass is 822 g/mol. The van der Waals surface area contributed by atoms with Crippen LogP contribution < -0.4 is 17.2 Å². The van der Waals surface area contributed by atoms with Crippen LogP contribution in [0.2, 0.25) is 0 Å². The van der Waals surface area contributed by atoms with Gasteiger partial charge in [-0.15, -0.1) is 0 Å². The number of rotatable bonds is 15. The first-order valence-corrected chi connectivity index (χ1v) is 20.2. The summed E-state index contributed by atoms with van der Waals surface area (Å²) in [7, 11) is 0. The number of amidine groups is 2. The van der Waals surface area contributed by atoms with E-state index in [1.54, 1.807) is 17.5 Å². The lowest BCUT2D eigenvalue weighted by Crippen LogP contribution is -2.09. The number of carbonyl (C=O) groups excluding carboxylic acids is 2. The largest absolute Gasteiger partial charge is 0.493 e. The summed E-state index contributed by atoms with van der Waals surface area (Å²) in [6.45, 7) is 7.76. The number of allylic oxidation sites excluding steroid dienone is 2. The second-order valence-electron chi connectivity index (χ2n) is 14.6. The topological polar surface area (TPSA) is 268 Å². The Morgan fingerprint density at radius 2 is 1.36 bits per heavy atom. The molecule has 15 heteroatoms. The summed E-state index contributed by atoms with van der Waals surface area (Å²) in [6.07, 6.45) is 19.3. The predicted molar refractivity (Wildman–Crippen MR) is 245 cm³/mol. The Labute approximate surface area is 354 Å². The molecule has 5 heterocycles. The van der Waals surface area contributed by atoms with E-state index in [9.17, 15) is 14.7 Å². The molecule has 0 amide bonds. The van der Waals surface area contributed by atoms with Gasteiger partial charge in [-0.2, -0.15) is 0 Å². The van der Waals surface area contributed by atoms with Crippen molar-refractivity contribution in [3.8, 4) is 28.4 Å². The zero-order valence-corrected chi connectivity index (χ0v) is 34.9. The van der Waals surface area contributed by atoms with E-state index in [1.807, 2.05) is 98.3 Å². The Morgan fingerprint density at radius 3 is 1.89 bits per heavy atom. The van der Waals surface area contributed by atoms with E-state index in [2.05, 4.69) is 33.8 Å². The molecule has 316 valence electrons. The van der Waals surface area contributed by atoms with Crippen molar-refractivity contribution in [2.45, 2.75) is 72.1 Å². The number of nitrogen functional groups attached to an aromatic ring is 1. The normalized spacial score (nSPS) is 12.3. The SMILES string of the molecule is CC[C@H](C)C(=O)C=O.CC[C@H](C)c1nc2c(/C=C/CCC(=N)N)nc(-c3c[nH]c4ccccc34)cn2c1O.N=C(N)CC/C=C/c1nc(-c2c[nH]c3ccccc23)cnc1N. The molecule has 0 aliphatic heterocycles. The zero-order chi connectivity index (χ0) is 44.1.